The van der Waals surface area contributed by atoms with Gasteiger partial charge in [0.05, 0.1) is 7.11 Å². The molecular formula is C16H21NO2. The van der Waals surface area contributed by atoms with E-state index in [4.69, 9.17) is 4.74 Å². The molecule has 3 nitrogen and oxygen atoms in total. The van der Waals surface area contributed by atoms with Crippen LogP contribution in [0.25, 0.3) is 0 Å². The van der Waals surface area contributed by atoms with Crippen molar-refractivity contribution in [3.63, 3.8) is 0 Å². The minimum Gasteiger partial charge on any atom is -0.467 e. The lowest BCUT2D eigenvalue weighted by Crippen LogP contribution is -2.28. The van der Waals surface area contributed by atoms with E-state index in [0.29, 0.717) is 0 Å². The third-order valence-electron chi connectivity index (χ3n) is 3.78. The normalized spacial score (nSPS) is 24.8. The molecule has 0 saturated carbocycles. The minimum absolute atomic E-state index is 0.188. The Morgan fingerprint density at radius 3 is 2.79 bits per heavy atom. The van der Waals surface area contributed by atoms with Crippen LogP contribution in [-0.4, -0.2) is 24.7 Å². The molecule has 1 heterocycles. The van der Waals surface area contributed by atoms with Crippen molar-refractivity contribution in [2.45, 2.75) is 37.3 Å². The number of ether oxygens (including phenoxy) is 1. The summed E-state index contributed by atoms with van der Waals surface area (Å²) >= 11 is 0. The quantitative estimate of drug-likeness (QED) is 0.354. The number of carbonyl (C=O) groups excluding carboxylic acids is 1. The standard InChI is InChI=1S/C16H21NO2/c1-3-16(15(18)19-2)14(17-16)12-8-7-11-13-9-5-4-6-10-13/h3-6,9-10,14,17H,1,7-8,11-12H2,2H3/t14-,16-/m0/s1. The van der Waals surface area contributed by atoms with Crippen LogP contribution in [0, 0.1) is 0 Å². The lowest BCUT2D eigenvalue weighted by Gasteiger charge is -2.07. The number of esters is 1. The van der Waals surface area contributed by atoms with Crippen molar-refractivity contribution in [3.05, 3.63) is 48.6 Å². The van der Waals surface area contributed by atoms with Gasteiger partial charge in [-0.1, -0.05) is 42.8 Å². The summed E-state index contributed by atoms with van der Waals surface area (Å²) in [6, 6.07) is 10.7. The lowest BCUT2D eigenvalue weighted by molar-refractivity contribution is -0.142. The van der Waals surface area contributed by atoms with Gasteiger partial charge in [0.2, 0.25) is 0 Å². The number of benzene rings is 1. The Kier molecular flexibility index (Phi) is 4.38. The van der Waals surface area contributed by atoms with Gasteiger partial charge in [-0.25, -0.2) is 4.79 Å². The monoisotopic (exact) mass is 259 g/mol. The molecule has 0 bridgehead atoms. The van der Waals surface area contributed by atoms with Crippen molar-refractivity contribution < 1.29 is 9.53 Å². The van der Waals surface area contributed by atoms with Crippen LogP contribution < -0.4 is 5.32 Å². The molecule has 19 heavy (non-hydrogen) atoms. The van der Waals surface area contributed by atoms with E-state index in [1.54, 1.807) is 6.08 Å². The van der Waals surface area contributed by atoms with Crippen LogP contribution >= 0.6 is 0 Å². The highest BCUT2D eigenvalue weighted by atomic mass is 16.5. The molecule has 102 valence electrons. The summed E-state index contributed by atoms with van der Waals surface area (Å²) in [5, 5.41) is 3.19. The predicted octanol–water partition coefficient (Wildman–Crippen LogP) is 2.47. The highest BCUT2D eigenvalue weighted by Gasteiger charge is 2.57. The van der Waals surface area contributed by atoms with E-state index in [2.05, 4.69) is 36.2 Å². The fourth-order valence-corrected chi connectivity index (χ4v) is 2.52. The third-order valence-corrected chi connectivity index (χ3v) is 3.78. The summed E-state index contributed by atoms with van der Waals surface area (Å²) in [6.45, 7) is 3.73. The number of hydrogen-bond donors (Lipinski definition) is 1. The fourth-order valence-electron chi connectivity index (χ4n) is 2.52. The maximum Gasteiger partial charge on any atom is 0.331 e. The summed E-state index contributed by atoms with van der Waals surface area (Å²) in [4.78, 5) is 11.6. The topological polar surface area (TPSA) is 48.2 Å². The molecule has 0 radical (unpaired) electrons. The van der Waals surface area contributed by atoms with Crippen LogP contribution in [0.1, 0.15) is 24.8 Å². The average Bonchev–Trinajstić information content (AvgIpc) is 3.19. The molecule has 1 aliphatic heterocycles. The van der Waals surface area contributed by atoms with Gasteiger partial charge in [-0.15, -0.1) is 6.58 Å². The second kappa shape index (κ2) is 6.02. The Labute approximate surface area is 114 Å². The van der Waals surface area contributed by atoms with E-state index in [9.17, 15) is 4.79 Å². The van der Waals surface area contributed by atoms with Gasteiger partial charge in [0.25, 0.3) is 0 Å². The number of unbranched alkanes of at least 4 members (excludes halogenated alkanes) is 1. The molecule has 2 rings (SSSR count). The molecule has 1 fully saturated rings. The van der Waals surface area contributed by atoms with Gasteiger partial charge in [-0.3, -0.25) is 5.32 Å². The first-order valence-corrected chi connectivity index (χ1v) is 6.76. The predicted molar refractivity (Wildman–Crippen MR) is 75.9 cm³/mol. The number of rotatable bonds is 7. The summed E-state index contributed by atoms with van der Waals surface area (Å²) in [5.74, 6) is -0.226. The van der Waals surface area contributed by atoms with Gasteiger partial charge in [-0.05, 0) is 24.8 Å². The molecule has 1 aliphatic rings. The highest BCUT2D eigenvalue weighted by molar-refractivity contribution is 5.88. The molecule has 2 atom stereocenters. The van der Waals surface area contributed by atoms with E-state index >= 15 is 0 Å². The molecule has 1 N–H and O–H groups in total. The molecule has 1 saturated heterocycles. The van der Waals surface area contributed by atoms with Crippen molar-refractivity contribution in [3.8, 4) is 0 Å². The van der Waals surface area contributed by atoms with Crippen LogP contribution in [0.3, 0.4) is 0 Å². The number of nitrogens with one attached hydrogen (secondary N) is 1. The van der Waals surface area contributed by atoms with E-state index in [0.717, 1.165) is 25.7 Å². The zero-order valence-corrected chi connectivity index (χ0v) is 11.4. The number of carbonyl (C=O) groups is 1. The Balaban J connectivity index is 1.70. The number of aryl methyl sites for hydroxylation is 1. The van der Waals surface area contributed by atoms with Gasteiger partial charge < -0.3 is 4.74 Å². The molecule has 0 unspecified atom stereocenters. The van der Waals surface area contributed by atoms with Gasteiger partial charge in [0, 0.05) is 6.04 Å². The first-order valence-electron chi connectivity index (χ1n) is 6.76. The molecule has 3 heteroatoms. The van der Waals surface area contributed by atoms with Gasteiger partial charge in [0.1, 0.15) is 0 Å². The number of methoxy groups -OCH3 is 1. The van der Waals surface area contributed by atoms with Crippen molar-refractivity contribution >= 4 is 5.97 Å². The fraction of sp³-hybridized carbons (Fsp3) is 0.438. The van der Waals surface area contributed by atoms with Crippen LogP contribution in [-0.2, 0) is 16.0 Å². The van der Waals surface area contributed by atoms with Crippen molar-refractivity contribution in [1.82, 2.24) is 5.32 Å². The first-order chi connectivity index (χ1) is 9.23. The molecule has 0 amide bonds. The Morgan fingerprint density at radius 2 is 2.16 bits per heavy atom. The summed E-state index contributed by atoms with van der Waals surface area (Å²) < 4.78 is 4.80. The van der Waals surface area contributed by atoms with E-state index in [-0.39, 0.29) is 12.0 Å². The van der Waals surface area contributed by atoms with Crippen LogP contribution in [0.4, 0.5) is 0 Å². The van der Waals surface area contributed by atoms with Crippen LogP contribution in [0.15, 0.2) is 43.0 Å². The molecule has 1 aromatic carbocycles. The summed E-state index contributed by atoms with van der Waals surface area (Å²) in [6.07, 6.45) is 5.97. The largest absolute Gasteiger partial charge is 0.467 e. The van der Waals surface area contributed by atoms with Gasteiger partial charge >= 0.3 is 5.97 Å². The smallest absolute Gasteiger partial charge is 0.331 e. The zero-order valence-electron chi connectivity index (χ0n) is 11.4. The Bertz CT molecular complexity index is 443. The van der Waals surface area contributed by atoms with Crippen LogP contribution in [0.2, 0.25) is 0 Å². The van der Waals surface area contributed by atoms with E-state index < -0.39 is 5.54 Å². The summed E-state index contributed by atoms with van der Waals surface area (Å²) in [7, 11) is 1.42. The van der Waals surface area contributed by atoms with E-state index in [1.807, 2.05) is 6.07 Å². The summed E-state index contributed by atoms with van der Waals surface area (Å²) in [5.41, 5.74) is 0.746. The van der Waals surface area contributed by atoms with Crippen LogP contribution in [0.5, 0.6) is 0 Å². The zero-order chi connectivity index (χ0) is 13.7. The molecule has 1 aromatic rings. The Hall–Kier alpha value is -1.61. The van der Waals surface area contributed by atoms with Crippen molar-refractivity contribution in [2.75, 3.05) is 7.11 Å². The van der Waals surface area contributed by atoms with Crippen molar-refractivity contribution in [1.29, 1.82) is 0 Å². The van der Waals surface area contributed by atoms with Crippen molar-refractivity contribution in [2.24, 2.45) is 0 Å². The van der Waals surface area contributed by atoms with Gasteiger partial charge in [0.15, 0.2) is 5.54 Å². The first kappa shape index (κ1) is 13.8. The number of hydrogen-bond acceptors (Lipinski definition) is 3. The third kappa shape index (κ3) is 3.04. The second-order valence-corrected chi connectivity index (χ2v) is 4.99. The maximum atomic E-state index is 11.6. The molecule has 0 aromatic heterocycles. The molecule has 0 spiro atoms. The average molecular weight is 259 g/mol. The second-order valence-electron chi connectivity index (χ2n) is 4.99. The molecule has 0 aliphatic carbocycles. The molecular weight excluding hydrogens is 238 g/mol. The minimum atomic E-state index is -0.624. The van der Waals surface area contributed by atoms with Gasteiger partial charge in [-0.2, -0.15) is 0 Å². The Morgan fingerprint density at radius 1 is 1.42 bits per heavy atom. The lowest BCUT2D eigenvalue weighted by atomic mass is 9.99. The van der Waals surface area contributed by atoms with E-state index in [1.165, 1.54) is 12.7 Å². The highest BCUT2D eigenvalue weighted by Crippen LogP contribution is 2.33. The SMILES string of the molecule is C=C[C@]1(C(=O)OC)N[C@H]1CCCCc1ccccc1. The maximum absolute atomic E-state index is 11.6.